The highest BCUT2D eigenvalue weighted by atomic mass is 32.2. The first-order valence-corrected chi connectivity index (χ1v) is 11.1. The molecule has 0 fully saturated rings. The van der Waals surface area contributed by atoms with E-state index in [1.807, 2.05) is 0 Å². The Labute approximate surface area is 166 Å². The number of nitrogens with zero attached hydrogens (tertiary/aromatic N) is 5. The van der Waals surface area contributed by atoms with Crippen LogP contribution in [0, 0.1) is 0 Å². The molecule has 18 heteroatoms. The van der Waals surface area contributed by atoms with E-state index in [0.717, 1.165) is 6.26 Å². The van der Waals surface area contributed by atoms with Crippen molar-refractivity contribution < 1.29 is 26.7 Å². The summed E-state index contributed by atoms with van der Waals surface area (Å²) in [5, 5.41) is 22.8. The van der Waals surface area contributed by atoms with Gasteiger partial charge in [0.2, 0.25) is 39.6 Å². The van der Waals surface area contributed by atoms with Crippen LogP contribution in [0.1, 0.15) is 10.6 Å². The molecule has 0 atom stereocenters. The lowest BCUT2D eigenvalue weighted by atomic mass is 10.6. The van der Waals surface area contributed by atoms with Gasteiger partial charge in [0.05, 0.1) is 12.0 Å². The third-order valence-corrected chi connectivity index (χ3v) is 4.21. The summed E-state index contributed by atoms with van der Waals surface area (Å²) in [5.41, 5.74) is 0. The second-order valence-electron chi connectivity index (χ2n) is 5.32. The lowest BCUT2D eigenvalue weighted by Crippen LogP contribution is -2.28. The lowest BCUT2D eigenvalue weighted by Gasteiger charge is -2.10. The van der Waals surface area contributed by atoms with Gasteiger partial charge < -0.3 is 15.7 Å². The van der Waals surface area contributed by atoms with Crippen molar-refractivity contribution in [1.82, 2.24) is 34.9 Å². The molecule has 29 heavy (non-hydrogen) atoms. The van der Waals surface area contributed by atoms with E-state index in [1.165, 1.54) is 0 Å². The van der Waals surface area contributed by atoms with Crippen LogP contribution in [0.5, 0.6) is 0 Å². The van der Waals surface area contributed by atoms with Crippen molar-refractivity contribution >= 4 is 50.5 Å². The predicted octanol–water partition coefficient (Wildman–Crippen LogP) is -2.58. The highest BCUT2D eigenvalue weighted by molar-refractivity contribution is 7.88. The topological polar surface area (TPSA) is 234 Å². The van der Waals surface area contributed by atoms with Crippen molar-refractivity contribution in [3.63, 3.8) is 0 Å². The minimum absolute atomic E-state index is 0.0203. The Morgan fingerprint density at radius 1 is 1.00 bits per heavy atom. The molecule has 0 amide bonds. The summed E-state index contributed by atoms with van der Waals surface area (Å²) >= 11 is 0. The van der Waals surface area contributed by atoms with Crippen molar-refractivity contribution in [2.45, 2.75) is 0 Å². The fraction of sp³-hybridized carbons (Fsp3) is 0.455. The number of carbonyl (C=O) groups is 1. The molecule has 2 heterocycles. The number of aromatic amines is 1. The van der Waals surface area contributed by atoms with Gasteiger partial charge in [0.15, 0.2) is 0 Å². The van der Waals surface area contributed by atoms with E-state index >= 15 is 0 Å². The first kappa shape index (κ1) is 22.2. The minimum atomic E-state index is -3.35. The number of hydrogen-bond acceptors (Lipinski definition) is 13. The van der Waals surface area contributed by atoms with Crippen molar-refractivity contribution in [1.29, 1.82) is 0 Å². The van der Waals surface area contributed by atoms with E-state index < -0.39 is 32.5 Å². The molecule has 0 aromatic carbocycles. The monoisotopic (exact) mass is 450 g/mol. The quantitative estimate of drug-likeness (QED) is 0.130. The van der Waals surface area contributed by atoms with Gasteiger partial charge >= 0.3 is 5.97 Å². The zero-order chi connectivity index (χ0) is 21.4. The molecule has 0 radical (unpaired) electrons. The molecule has 0 saturated heterocycles. The fourth-order valence-corrected chi connectivity index (χ4v) is 2.54. The molecule has 0 unspecified atom stereocenters. The van der Waals surface area contributed by atoms with Crippen LogP contribution in [0.3, 0.4) is 0 Å². The number of carboxylic acid groups (broad SMARTS) is 1. The number of thiol groups is 1. The van der Waals surface area contributed by atoms with Crippen molar-refractivity contribution in [2.75, 3.05) is 47.6 Å². The maximum atomic E-state index is 11.1. The van der Waals surface area contributed by atoms with E-state index in [2.05, 4.69) is 50.8 Å². The molecule has 16 nitrogen and oxygen atoms in total. The van der Waals surface area contributed by atoms with E-state index in [1.54, 1.807) is 0 Å². The Kier molecular flexibility index (Phi) is 7.56. The van der Waals surface area contributed by atoms with Crippen LogP contribution >= 0.6 is 0 Å². The minimum Gasteiger partial charge on any atom is -0.475 e. The Morgan fingerprint density at radius 3 is 2.17 bits per heavy atom. The standard InChI is InChI=1S/C11H18N10O6S2/c1-29(26,27)14-3-2-12-8-16-9(13-4-5-28(24)25)18-10(17-8)19-11-15-6(7(22)23)20-21-11/h14,28H,2-5H2,1H3,(H,22,23)(H4,12,13,15,16,17,18,19,20,21). The van der Waals surface area contributed by atoms with Crippen LogP contribution in [0.25, 0.3) is 0 Å². The smallest absolute Gasteiger partial charge is 0.373 e. The Bertz CT molecular complexity index is 1030. The first-order chi connectivity index (χ1) is 13.6. The van der Waals surface area contributed by atoms with Crippen LogP contribution < -0.4 is 20.7 Å². The summed E-state index contributed by atoms with van der Waals surface area (Å²) in [6.07, 6.45) is 1.02. The normalized spacial score (nSPS) is 11.4. The summed E-state index contributed by atoms with van der Waals surface area (Å²) in [6.45, 7) is 0.253. The summed E-state index contributed by atoms with van der Waals surface area (Å²) < 4.78 is 45.8. The molecule has 6 N–H and O–H groups in total. The number of sulfonamides is 1. The van der Waals surface area contributed by atoms with Gasteiger partial charge in [-0.25, -0.2) is 26.4 Å². The van der Waals surface area contributed by atoms with Crippen LogP contribution in [-0.2, 0) is 20.7 Å². The molecule has 0 bridgehead atoms. The zero-order valence-corrected chi connectivity index (χ0v) is 16.6. The highest BCUT2D eigenvalue weighted by Crippen LogP contribution is 2.12. The number of hydrogen-bond donors (Lipinski definition) is 7. The van der Waals surface area contributed by atoms with Gasteiger partial charge in [-0.1, -0.05) is 0 Å². The largest absolute Gasteiger partial charge is 0.475 e. The van der Waals surface area contributed by atoms with Crippen LogP contribution in [0.15, 0.2) is 0 Å². The second-order valence-corrected chi connectivity index (χ2v) is 8.27. The van der Waals surface area contributed by atoms with Crippen molar-refractivity contribution in [3.8, 4) is 0 Å². The lowest BCUT2D eigenvalue weighted by molar-refractivity contribution is 0.0684. The molecular weight excluding hydrogens is 432 g/mol. The summed E-state index contributed by atoms with van der Waals surface area (Å²) in [7, 11) is -5.94. The number of anilines is 4. The molecule has 0 aliphatic rings. The molecule has 0 saturated carbocycles. The molecule has 2 aromatic rings. The Hall–Kier alpha value is -3.12. The summed E-state index contributed by atoms with van der Waals surface area (Å²) in [5.74, 6) is -1.98. The van der Waals surface area contributed by atoms with Crippen molar-refractivity contribution in [2.24, 2.45) is 0 Å². The van der Waals surface area contributed by atoms with Gasteiger partial charge in [-0.3, -0.25) is 10.4 Å². The third kappa shape index (κ3) is 8.19. The number of nitrogens with one attached hydrogen (secondary N) is 5. The van der Waals surface area contributed by atoms with Gasteiger partial charge in [-0.2, -0.15) is 19.9 Å². The average molecular weight is 450 g/mol. The van der Waals surface area contributed by atoms with E-state index in [4.69, 9.17) is 5.11 Å². The highest BCUT2D eigenvalue weighted by Gasteiger charge is 2.13. The van der Waals surface area contributed by atoms with Gasteiger partial charge in [0, 0.05) is 19.6 Å². The summed E-state index contributed by atoms with van der Waals surface area (Å²) in [6, 6.07) is 0. The van der Waals surface area contributed by atoms with Gasteiger partial charge in [-0.15, -0.1) is 5.10 Å². The molecule has 0 spiro atoms. The number of rotatable bonds is 12. The van der Waals surface area contributed by atoms with Crippen LogP contribution in [-0.4, -0.2) is 89.7 Å². The van der Waals surface area contributed by atoms with E-state index in [0.29, 0.717) is 0 Å². The van der Waals surface area contributed by atoms with Crippen molar-refractivity contribution in [3.05, 3.63) is 5.82 Å². The third-order valence-electron chi connectivity index (χ3n) is 2.90. The van der Waals surface area contributed by atoms with Crippen LogP contribution in [0.2, 0.25) is 0 Å². The molecule has 2 rings (SSSR count). The maximum Gasteiger partial charge on any atom is 0.373 e. The van der Waals surface area contributed by atoms with E-state index in [9.17, 15) is 21.6 Å². The maximum absolute atomic E-state index is 11.1. The zero-order valence-electron chi connectivity index (χ0n) is 14.9. The number of aromatic carboxylic acids is 1. The Morgan fingerprint density at radius 2 is 1.62 bits per heavy atom. The number of H-pyrrole nitrogens is 1. The Balaban J connectivity index is 2.12. The molecule has 2 aromatic heterocycles. The fourth-order valence-electron chi connectivity index (χ4n) is 1.77. The van der Waals surface area contributed by atoms with Crippen LogP contribution in [0.4, 0.5) is 23.8 Å². The molecule has 160 valence electrons. The first-order valence-electron chi connectivity index (χ1n) is 7.85. The van der Waals surface area contributed by atoms with E-state index in [-0.39, 0.29) is 49.2 Å². The molecule has 0 aliphatic carbocycles. The van der Waals surface area contributed by atoms with Gasteiger partial charge in [-0.05, 0) is 0 Å². The van der Waals surface area contributed by atoms with Gasteiger partial charge in [0.1, 0.15) is 10.7 Å². The number of carboxylic acids is 1. The predicted molar refractivity (Wildman–Crippen MR) is 101 cm³/mol. The number of aromatic nitrogens is 6. The van der Waals surface area contributed by atoms with Gasteiger partial charge in [0.25, 0.3) is 0 Å². The molecular formula is C11H18N10O6S2. The second kappa shape index (κ2) is 9.89. The SMILES string of the molecule is CS(=O)(=O)NCCNc1nc(NCC[SH](=O)=O)nc(Nc2n[nH]c(C(=O)O)n2)n1. The average Bonchev–Trinajstić information content (AvgIpc) is 3.06. The summed E-state index contributed by atoms with van der Waals surface area (Å²) in [4.78, 5) is 26.6. The molecule has 0 aliphatic heterocycles.